The van der Waals surface area contributed by atoms with Gasteiger partial charge in [0, 0.05) is 17.5 Å². The third-order valence-electron chi connectivity index (χ3n) is 5.60. The lowest BCUT2D eigenvalue weighted by atomic mass is 10.1. The van der Waals surface area contributed by atoms with E-state index in [0.29, 0.717) is 29.0 Å². The summed E-state index contributed by atoms with van der Waals surface area (Å²) in [6.45, 7) is 0.353. The monoisotopic (exact) mass is 466 g/mol. The molecule has 2 aromatic heterocycles. The van der Waals surface area contributed by atoms with Crippen LogP contribution in [0.4, 0.5) is 5.13 Å². The van der Waals surface area contributed by atoms with E-state index >= 15 is 0 Å². The lowest BCUT2D eigenvalue weighted by Crippen LogP contribution is -2.38. The molecule has 2 heterocycles. The molecule has 7 heteroatoms. The summed E-state index contributed by atoms with van der Waals surface area (Å²) in [5.74, 6) is -0.205. The van der Waals surface area contributed by atoms with Crippen LogP contribution in [0.1, 0.15) is 5.56 Å². The Labute approximate surface area is 200 Å². The fourth-order valence-electron chi connectivity index (χ4n) is 3.79. The summed E-state index contributed by atoms with van der Waals surface area (Å²) in [5.41, 5.74) is 3.33. The number of nitrogens with zero attached hydrogens (tertiary/aromatic N) is 4. The van der Waals surface area contributed by atoms with Gasteiger partial charge >= 0.3 is 0 Å². The molecule has 0 bridgehead atoms. The predicted octanol–water partition coefficient (Wildman–Crippen LogP) is 4.80. The van der Waals surface area contributed by atoms with Crippen molar-refractivity contribution in [2.75, 3.05) is 11.4 Å². The molecular formula is C27H22N4O2S. The Morgan fingerprint density at radius 3 is 2.41 bits per heavy atom. The quantitative estimate of drug-likeness (QED) is 0.346. The minimum Gasteiger partial charge on any atom is -0.289 e. The zero-order valence-corrected chi connectivity index (χ0v) is 19.2. The number of amides is 1. The van der Waals surface area contributed by atoms with Gasteiger partial charge in [0.25, 0.3) is 5.56 Å². The van der Waals surface area contributed by atoms with Gasteiger partial charge in [-0.3, -0.25) is 19.1 Å². The Balaban J connectivity index is 1.44. The van der Waals surface area contributed by atoms with Crippen molar-refractivity contribution in [2.24, 2.45) is 0 Å². The standard InChI is InChI=1S/C27H22N4O2S/c32-25(17-30-19-28-23-14-8-7-13-22(23)26(30)33)31(16-15-20-9-3-1-4-10-20)27-29-24(18-34-27)21-11-5-2-6-12-21/h1-14,18-19H,15-17H2. The van der Waals surface area contributed by atoms with Gasteiger partial charge in [-0.2, -0.15) is 0 Å². The molecule has 0 saturated heterocycles. The van der Waals surface area contributed by atoms with E-state index in [-0.39, 0.29) is 18.0 Å². The van der Waals surface area contributed by atoms with Gasteiger partial charge in [-0.05, 0) is 24.1 Å². The Kier molecular flexibility index (Phi) is 6.27. The largest absolute Gasteiger partial charge is 0.289 e. The summed E-state index contributed by atoms with van der Waals surface area (Å²) in [4.78, 5) is 37.2. The summed E-state index contributed by atoms with van der Waals surface area (Å²) >= 11 is 1.42. The third-order valence-corrected chi connectivity index (χ3v) is 6.46. The summed E-state index contributed by atoms with van der Waals surface area (Å²) < 4.78 is 1.37. The van der Waals surface area contributed by atoms with Crippen molar-refractivity contribution in [1.29, 1.82) is 0 Å². The number of aromatic nitrogens is 3. The van der Waals surface area contributed by atoms with Crippen molar-refractivity contribution in [1.82, 2.24) is 14.5 Å². The second-order valence-electron chi connectivity index (χ2n) is 7.86. The van der Waals surface area contributed by atoms with E-state index in [1.54, 1.807) is 23.1 Å². The second-order valence-corrected chi connectivity index (χ2v) is 8.69. The first-order valence-corrected chi connectivity index (χ1v) is 11.9. The van der Waals surface area contributed by atoms with Crippen molar-refractivity contribution in [3.05, 3.63) is 113 Å². The van der Waals surface area contributed by atoms with E-state index in [9.17, 15) is 9.59 Å². The second kappa shape index (κ2) is 9.80. The van der Waals surface area contributed by atoms with Crippen molar-refractivity contribution in [3.8, 4) is 11.3 Å². The van der Waals surface area contributed by atoms with Gasteiger partial charge in [-0.15, -0.1) is 11.3 Å². The van der Waals surface area contributed by atoms with Gasteiger partial charge in [-0.1, -0.05) is 72.8 Å². The molecule has 3 aromatic carbocycles. The van der Waals surface area contributed by atoms with Gasteiger partial charge in [-0.25, -0.2) is 9.97 Å². The number of rotatable bonds is 7. The number of hydrogen-bond donors (Lipinski definition) is 0. The number of carbonyl (C=O) groups is 1. The molecule has 0 aliphatic heterocycles. The van der Waals surface area contributed by atoms with E-state index in [1.165, 1.54) is 22.2 Å². The molecule has 5 aromatic rings. The number of hydrogen-bond acceptors (Lipinski definition) is 5. The van der Waals surface area contributed by atoms with Crippen LogP contribution < -0.4 is 10.5 Å². The molecule has 168 valence electrons. The first-order chi connectivity index (χ1) is 16.7. The maximum absolute atomic E-state index is 13.5. The Morgan fingerprint density at radius 1 is 0.912 bits per heavy atom. The van der Waals surface area contributed by atoms with Crippen LogP contribution in [0.5, 0.6) is 0 Å². The summed E-state index contributed by atoms with van der Waals surface area (Å²) in [6.07, 6.45) is 2.12. The van der Waals surface area contributed by atoms with E-state index in [4.69, 9.17) is 4.98 Å². The number of thiazole rings is 1. The van der Waals surface area contributed by atoms with Crippen LogP contribution in [-0.2, 0) is 17.8 Å². The van der Waals surface area contributed by atoms with Crippen LogP contribution >= 0.6 is 11.3 Å². The van der Waals surface area contributed by atoms with Crippen molar-refractivity contribution in [3.63, 3.8) is 0 Å². The fourth-order valence-corrected chi connectivity index (χ4v) is 4.67. The lowest BCUT2D eigenvalue weighted by Gasteiger charge is -2.20. The maximum atomic E-state index is 13.5. The zero-order chi connectivity index (χ0) is 23.3. The topological polar surface area (TPSA) is 68.1 Å². The molecule has 6 nitrogen and oxygen atoms in total. The van der Waals surface area contributed by atoms with Gasteiger partial charge in [0.15, 0.2) is 5.13 Å². The van der Waals surface area contributed by atoms with E-state index in [1.807, 2.05) is 72.1 Å². The smallest absolute Gasteiger partial charge is 0.261 e. The average molecular weight is 467 g/mol. The lowest BCUT2D eigenvalue weighted by molar-refractivity contribution is -0.119. The molecular weight excluding hydrogens is 444 g/mol. The molecule has 5 rings (SSSR count). The highest BCUT2D eigenvalue weighted by Crippen LogP contribution is 2.28. The van der Waals surface area contributed by atoms with Crippen LogP contribution in [0.15, 0.2) is 101 Å². The molecule has 0 atom stereocenters. The SMILES string of the molecule is O=C(Cn1cnc2ccccc2c1=O)N(CCc1ccccc1)c1nc(-c2ccccc2)cs1. The van der Waals surface area contributed by atoms with Crippen molar-refractivity contribution >= 4 is 33.3 Å². The third kappa shape index (κ3) is 4.65. The number of anilines is 1. The van der Waals surface area contributed by atoms with Crippen molar-refractivity contribution in [2.45, 2.75) is 13.0 Å². The Hall–Kier alpha value is -4.10. The zero-order valence-electron chi connectivity index (χ0n) is 18.4. The number of para-hydroxylation sites is 1. The van der Waals surface area contributed by atoms with Crippen LogP contribution in [0.2, 0.25) is 0 Å². The van der Waals surface area contributed by atoms with Crippen LogP contribution in [-0.4, -0.2) is 27.0 Å². The summed E-state index contributed by atoms with van der Waals surface area (Å²) in [6, 6.07) is 27.0. The highest BCUT2D eigenvalue weighted by molar-refractivity contribution is 7.14. The van der Waals surface area contributed by atoms with Gasteiger partial charge in [0.1, 0.15) is 6.54 Å². The van der Waals surface area contributed by atoms with Crippen LogP contribution in [0.3, 0.4) is 0 Å². The first kappa shape index (κ1) is 21.7. The van der Waals surface area contributed by atoms with E-state index in [0.717, 1.165) is 16.8 Å². The van der Waals surface area contributed by atoms with Crippen molar-refractivity contribution < 1.29 is 4.79 Å². The molecule has 0 aliphatic rings. The average Bonchev–Trinajstić information content (AvgIpc) is 3.37. The highest BCUT2D eigenvalue weighted by Gasteiger charge is 2.21. The summed E-state index contributed by atoms with van der Waals surface area (Å²) in [5, 5.41) is 3.06. The molecule has 34 heavy (non-hydrogen) atoms. The summed E-state index contributed by atoms with van der Waals surface area (Å²) in [7, 11) is 0. The molecule has 0 spiro atoms. The molecule has 0 fully saturated rings. The van der Waals surface area contributed by atoms with Crippen LogP contribution in [0, 0.1) is 0 Å². The minimum absolute atomic E-state index is 0.105. The molecule has 0 aliphatic carbocycles. The van der Waals surface area contributed by atoms with E-state index in [2.05, 4.69) is 4.98 Å². The number of fused-ring (bicyclic) bond motifs is 1. The molecule has 0 unspecified atom stereocenters. The predicted molar refractivity (Wildman–Crippen MR) is 136 cm³/mol. The van der Waals surface area contributed by atoms with Gasteiger partial charge in [0.2, 0.25) is 5.91 Å². The fraction of sp³-hybridized carbons (Fsp3) is 0.111. The molecule has 0 N–H and O–H groups in total. The Morgan fingerprint density at radius 2 is 1.62 bits per heavy atom. The van der Waals surface area contributed by atoms with Crippen LogP contribution in [0.25, 0.3) is 22.2 Å². The minimum atomic E-state index is -0.230. The maximum Gasteiger partial charge on any atom is 0.261 e. The molecule has 0 saturated carbocycles. The molecule has 0 radical (unpaired) electrons. The Bertz CT molecular complexity index is 1480. The van der Waals surface area contributed by atoms with E-state index < -0.39 is 0 Å². The first-order valence-electron chi connectivity index (χ1n) is 11.0. The number of benzene rings is 3. The normalized spacial score (nSPS) is 10.9. The van der Waals surface area contributed by atoms with Gasteiger partial charge in [0.05, 0.1) is 22.9 Å². The highest BCUT2D eigenvalue weighted by atomic mass is 32.1. The van der Waals surface area contributed by atoms with Gasteiger partial charge < -0.3 is 0 Å². The number of carbonyl (C=O) groups excluding carboxylic acids is 1. The molecule has 1 amide bonds.